The van der Waals surface area contributed by atoms with Gasteiger partial charge in [0.15, 0.2) is 0 Å². The van der Waals surface area contributed by atoms with Crippen LogP contribution in [0.1, 0.15) is 45.0 Å². The zero-order valence-electron chi connectivity index (χ0n) is 19.6. The van der Waals surface area contributed by atoms with Gasteiger partial charge in [0.1, 0.15) is 11.9 Å². The van der Waals surface area contributed by atoms with Crippen molar-refractivity contribution in [1.82, 2.24) is 19.8 Å². The molecular weight excluding hydrogens is 496 g/mol. The van der Waals surface area contributed by atoms with Crippen molar-refractivity contribution >= 4 is 38.7 Å². The third-order valence-corrected chi connectivity index (χ3v) is 7.87. The molecule has 7 nitrogen and oxygen atoms in total. The van der Waals surface area contributed by atoms with E-state index in [0.717, 1.165) is 51.6 Å². The van der Waals surface area contributed by atoms with E-state index >= 15 is 0 Å². The van der Waals surface area contributed by atoms with Gasteiger partial charge in [-0.1, -0.05) is 48.0 Å². The molecule has 2 aliphatic rings. The quantitative estimate of drug-likeness (QED) is 0.470. The van der Waals surface area contributed by atoms with Crippen LogP contribution in [-0.2, 0) is 11.8 Å². The van der Waals surface area contributed by atoms with E-state index in [1.54, 1.807) is 0 Å². The molecule has 1 aromatic heterocycles. The predicted molar refractivity (Wildman–Crippen MR) is 134 cm³/mol. The van der Waals surface area contributed by atoms with Crippen molar-refractivity contribution < 1.29 is 14.7 Å². The van der Waals surface area contributed by atoms with Crippen LogP contribution in [0, 0.1) is 11.3 Å². The zero-order chi connectivity index (χ0) is 24.2. The van der Waals surface area contributed by atoms with E-state index in [1.807, 2.05) is 38.1 Å². The molecule has 2 unspecified atom stereocenters. The number of carbonyl (C=O) groups excluding carboxylic acids is 1. The number of likely N-dealkylation sites (tertiary alicyclic amines) is 1. The summed E-state index contributed by atoms with van der Waals surface area (Å²) in [4.78, 5) is 31.5. The van der Waals surface area contributed by atoms with Crippen molar-refractivity contribution in [3.05, 3.63) is 52.9 Å². The summed E-state index contributed by atoms with van der Waals surface area (Å²) in [6, 6.07) is 11.7. The number of halogens is 1. The Morgan fingerprint density at radius 2 is 1.88 bits per heavy atom. The van der Waals surface area contributed by atoms with Gasteiger partial charge in [0.25, 0.3) is 0 Å². The molecule has 34 heavy (non-hydrogen) atoms. The lowest BCUT2D eigenvalue weighted by atomic mass is 10.0. The minimum absolute atomic E-state index is 0.144. The average molecular weight is 525 g/mol. The van der Waals surface area contributed by atoms with Crippen LogP contribution in [0.4, 0.5) is 4.79 Å². The molecule has 1 saturated heterocycles. The van der Waals surface area contributed by atoms with Gasteiger partial charge >= 0.3 is 6.09 Å². The number of nitrogens with zero attached hydrogens (tertiary/aromatic N) is 3. The van der Waals surface area contributed by atoms with Gasteiger partial charge in [0.2, 0.25) is 5.91 Å². The lowest BCUT2D eigenvalue weighted by molar-refractivity contribution is -0.135. The summed E-state index contributed by atoms with van der Waals surface area (Å²) < 4.78 is 3.13. The fourth-order valence-electron chi connectivity index (χ4n) is 5.26. The second-order valence-electron chi connectivity index (χ2n) is 10.1. The third kappa shape index (κ3) is 4.08. The molecule has 1 saturated carbocycles. The summed E-state index contributed by atoms with van der Waals surface area (Å²) in [6.07, 6.45) is 3.77. The van der Waals surface area contributed by atoms with Crippen LogP contribution in [0.5, 0.6) is 0 Å². The summed E-state index contributed by atoms with van der Waals surface area (Å²) in [5.74, 6) is 0.544. The Hall–Kier alpha value is -2.87. The molecule has 3 aromatic rings. The number of benzene rings is 2. The van der Waals surface area contributed by atoms with Crippen molar-refractivity contribution in [2.45, 2.75) is 45.2 Å². The number of fused-ring (bicyclic) bond motifs is 1. The number of nitrogens with one attached hydrogen (secondary N) is 1. The summed E-state index contributed by atoms with van der Waals surface area (Å²) in [5, 5.41) is 14.0. The van der Waals surface area contributed by atoms with Crippen molar-refractivity contribution in [2.24, 2.45) is 18.4 Å². The molecule has 2 N–H and O–H groups in total. The molecule has 5 rings (SSSR count). The van der Waals surface area contributed by atoms with Gasteiger partial charge in [0.05, 0.1) is 17.9 Å². The van der Waals surface area contributed by atoms with Crippen LogP contribution in [0.3, 0.4) is 0 Å². The maximum Gasteiger partial charge on any atom is 0.405 e. The predicted octanol–water partition coefficient (Wildman–Crippen LogP) is 5.35. The highest BCUT2D eigenvalue weighted by molar-refractivity contribution is 9.10. The largest absolute Gasteiger partial charge is 0.465 e. The first-order valence-electron chi connectivity index (χ1n) is 11.7. The van der Waals surface area contributed by atoms with E-state index in [0.29, 0.717) is 6.54 Å². The van der Waals surface area contributed by atoms with Crippen molar-refractivity contribution in [1.29, 1.82) is 0 Å². The molecule has 0 radical (unpaired) electrons. The minimum Gasteiger partial charge on any atom is -0.465 e. The summed E-state index contributed by atoms with van der Waals surface area (Å²) in [5.41, 5.74) is 2.21. The highest BCUT2D eigenvalue weighted by atomic mass is 79.9. The fraction of sp³-hybridized carbons (Fsp3) is 0.423. The average Bonchev–Trinajstić information content (AvgIpc) is 3.28. The van der Waals surface area contributed by atoms with Gasteiger partial charge in [-0.2, -0.15) is 0 Å². The number of amides is 2. The number of hydrogen-bond donors (Lipinski definition) is 2. The molecule has 1 spiro atoms. The summed E-state index contributed by atoms with van der Waals surface area (Å²) >= 11 is 3.53. The lowest BCUT2D eigenvalue weighted by Crippen LogP contribution is -2.51. The first kappa shape index (κ1) is 22.9. The van der Waals surface area contributed by atoms with Crippen LogP contribution in [0.2, 0.25) is 0 Å². The molecule has 2 amide bonds. The Morgan fingerprint density at radius 3 is 2.56 bits per heavy atom. The standard InChI is InChI=1S/C26H29BrN4O3/c1-15(2)22(29-25(33)34)24(32)31-14-26(8-9-26)12-20(31)23-28-13-21(30(23)3)18-5-4-17-11-19(27)7-6-16(17)10-18/h4-7,10-11,13,15,20,22,29H,8-9,12,14H2,1-3H3,(H,33,34). The van der Waals surface area contributed by atoms with Gasteiger partial charge in [-0.15, -0.1) is 0 Å². The Labute approximate surface area is 207 Å². The molecule has 8 heteroatoms. The Bertz CT molecular complexity index is 1280. The van der Waals surface area contributed by atoms with Crippen molar-refractivity contribution in [3.8, 4) is 11.3 Å². The number of hydrogen-bond acceptors (Lipinski definition) is 3. The van der Waals surface area contributed by atoms with E-state index < -0.39 is 12.1 Å². The first-order valence-corrected chi connectivity index (χ1v) is 12.5. The van der Waals surface area contributed by atoms with Crippen molar-refractivity contribution in [3.63, 3.8) is 0 Å². The fourth-order valence-corrected chi connectivity index (χ4v) is 5.64. The molecule has 2 fully saturated rings. The monoisotopic (exact) mass is 524 g/mol. The second-order valence-corrected chi connectivity index (χ2v) is 11.0. The van der Waals surface area contributed by atoms with Gasteiger partial charge < -0.3 is 19.9 Å². The summed E-state index contributed by atoms with van der Waals surface area (Å²) in [6.45, 7) is 4.40. The highest BCUT2D eigenvalue weighted by Gasteiger charge is 2.55. The maximum absolute atomic E-state index is 13.5. The minimum atomic E-state index is -1.17. The molecular formula is C26H29BrN4O3. The zero-order valence-corrected chi connectivity index (χ0v) is 21.2. The molecule has 2 heterocycles. The van der Waals surface area contributed by atoms with Crippen molar-refractivity contribution in [2.75, 3.05) is 6.54 Å². The van der Waals surface area contributed by atoms with E-state index in [1.165, 1.54) is 0 Å². The van der Waals surface area contributed by atoms with E-state index in [9.17, 15) is 14.7 Å². The van der Waals surface area contributed by atoms with Gasteiger partial charge in [-0.3, -0.25) is 4.79 Å². The first-order chi connectivity index (χ1) is 16.2. The maximum atomic E-state index is 13.5. The smallest absolute Gasteiger partial charge is 0.405 e. The Balaban J connectivity index is 1.48. The molecule has 1 aliphatic carbocycles. The highest BCUT2D eigenvalue weighted by Crippen LogP contribution is 2.58. The van der Waals surface area contributed by atoms with Gasteiger partial charge in [0, 0.05) is 23.6 Å². The third-order valence-electron chi connectivity index (χ3n) is 7.38. The molecule has 2 aromatic carbocycles. The number of carboxylic acid groups (broad SMARTS) is 1. The molecule has 1 aliphatic heterocycles. The van der Waals surface area contributed by atoms with Crippen LogP contribution >= 0.6 is 15.9 Å². The Kier molecular flexibility index (Phi) is 5.67. The number of rotatable bonds is 5. The van der Waals surface area contributed by atoms with Crippen LogP contribution in [0.15, 0.2) is 47.1 Å². The van der Waals surface area contributed by atoms with Crippen LogP contribution < -0.4 is 5.32 Å². The second kappa shape index (κ2) is 8.41. The Morgan fingerprint density at radius 1 is 1.18 bits per heavy atom. The van der Waals surface area contributed by atoms with Gasteiger partial charge in [-0.25, -0.2) is 9.78 Å². The molecule has 178 valence electrons. The summed E-state index contributed by atoms with van der Waals surface area (Å²) in [7, 11) is 2.00. The SMILES string of the molecule is CC(C)C(NC(=O)O)C(=O)N1CC2(CC2)CC1c1ncc(-c2ccc3cc(Br)ccc3c2)n1C. The lowest BCUT2D eigenvalue weighted by Gasteiger charge is -2.30. The normalized spacial score (nSPS) is 19.7. The van der Waals surface area contributed by atoms with Crippen LogP contribution in [0.25, 0.3) is 22.0 Å². The van der Waals surface area contributed by atoms with Crippen LogP contribution in [-0.4, -0.2) is 44.1 Å². The molecule has 0 bridgehead atoms. The van der Waals surface area contributed by atoms with E-state index in [4.69, 9.17) is 4.98 Å². The van der Waals surface area contributed by atoms with E-state index in [-0.39, 0.29) is 23.3 Å². The topological polar surface area (TPSA) is 87.5 Å². The number of imidazole rings is 1. The van der Waals surface area contributed by atoms with Gasteiger partial charge in [-0.05, 0) is 59.6 Å². The van der Waals surface area contributed by atoms with E-state index in [2.05, 4.69) is 56.1 Å². The number of carbonyl (C=O) groups is 2. The molecule has 2 atom stereocenters. The number of aromatic nitrogens is 2.